The van der Waals surface area contributed by atoms with Crippen molar-refractivity contribution in [1.82, 2.24) is 24.9 Å². The van der Waals surface area contributed by atoms with Crippen LogP contribution in [0.3, 0.4) is 0 Å². The Kier molecular flexibility index (Phi) is 12.1. The van der Waals surface area contributed by atoms with Gasteiger partial charge in [-0.25, -0.2) is 15.0 Å². The van der Waals surface area contributed by atoms with Crippen molar-refractivity contribution < 1.29 is 4.79 Å². The van der Waals surface area contributed by atoms with Crippen molar-refractivity contribution in [2.24, 2.45) is 20.7 Å². The Hall–Kier alpha value is -4.08. The third-order valence-electron chi connectivity index (χ3n) is 4.94. The second-order valence-electron chi connectivity index (χ2n) is 9.43. The first-order valence-electron chi connectivity index (χ1n) is 12.1. The van der Waals surface area contributed by atoms with Crippen LogP contribution in [-0.4, -0.2) is 75.7 Å². The van der Waals surface area contributed by atoms with Gasteiger partial charge in [0.2, 0.25) is 0 Å². The van der Waals surface area contributed by atoms with Crippen LogP contribution >= 0.6 is 0 Å². The summed E-state index contributed by atoms with van der Waals surface area (Å²) in [6.07, 6.45) is 12.5. The maximum Gasteiger partial charge on any atom is 0.250 e. The van der Waals surface area contributed by atoms with Gasteiger partial charge in [0.1, 0.15) is 23.3 Å². The smallest absolute Gasteiger partial charge is 0.250 e. The maximum absolute atomic E-state index is 10.8. The number of aliphatic imine (C=N–C) groups is 3. The zero-order valence-corrected chi connectivity index (χ0v) is 23.5. The van der Waals surface area contributed by atoms with Crippen molar-refractivity contribution in [3.8, 4) is 0 Å². The molecule has 0 aliphatic carbocycles. The van der Waals surface area contributed by atoms with Crippen molar-refractivity contribution >= 4 is 23.9 Å². The van der Waals surface area contributed by atoms with Crippen LogP contribution in [0.15, 0.2) is 89.0 Å². The van der Waals surface area contributed by atoms with E-state index in [-0.39, 0.29) is 5.91 Å². The first-order valence-corrected chi connectivity index (χ1v) is 12.1. The van der Waals surface area contributed by atoms with Gasteiger partial charge in [-0.05, 0) is 53.7 Å². The quantitative estimate of drug-likeness (QED) is 0.444. The molecule has 0 spiro atoms. The van der Waals surface area contributed by atoms with Gasteiger partial charge in [-0.3, -0.25) is 4.79 Å². The van der Waals surface area contributed by atoms with Crippen molar-refractivity contribution in [3.05, 3.63) is 74.0 Å². The van der Waals surface area contributed by atoms with E-state index in [1.54, 1.807) is 18.6 Å². The summed E-state index contributed by atoms with van der Waals surface area (Å²) in [5, 5.41) is 2.62. The number of rotatable bonds is 4. The van der Waals surface area contributed by atoms with Gasteiger partial charge in [-0.15, -0.1) is 0 Å². The molecule has 0 aromatic heterocycles. The van der Waals surface area contributed by atoms with Gasteiger partial charge in [0.15, 0.2) is 5.84 Å². The van der Waals surface area contributed by atoms with E-state index in [4.69, 9.17) is 5.73 Å². The predicted molar refractivity (Wildman–Crippen MR) is 155 cm³/mol. The zero-order valence-electron chi connectivity index (χ0n) is 23.5. The summed E-state index contributed by atoms with van der Waals surface area (Å²) in [6.45, 7) is 23.8. The Morgan fingerprint density at radius 1 is 0.865 bits per heavy atom. The molecule has 0 aromatic carbocycles. The van der Waals surface area contributed by atoms with Gasteiger partial charge in [-0.2, -0.15) is 0 Å². The second kappa shape index (κ2) is 14.5. The lowest BCUT2D eigenvalue weighted by atomic mass is 10.3. The second-order valence-corrected chi connectivity index (χ2v) is 9.43. The standard InChI is InChI=1S/C11H18N4.C8H13N3.C8H12N2O/c1-9(2)15-7-6-11(13-10(15)3)12-8-14(4)5;1-6(2)11-5-4-8(9)10-7(11)3;1-6(2)10-5-4-8(11)9-7(10)3/h6-9H,3H2,1-2,4-5H3;4-6H,3H2,1-2H3,(H2,9,10);4-6H,3H2,1-2H3,(H,9,11). The van der Waals surface area contributed by atoms with E-state index >= 15 is 0 Å². The highest BCUT2D eigenvalue weighted by molar-refractivity contribution is 5.98. The Morgan fingerprint density at radius 3 is 1.78 bits per heavy atom. The van der Waals surface area contributed by atoms with Crippen LogP contribution in [0, 0.1) is 0 Å². The lowest BCUT2D eigenvalue weighted by molar-refractivity contribution is -0.116. The molecule has 0 radical (unpaired) electrons. The third kappa shape index (κ3) is 10.6. The largest absolute Gasteiger partial charge is 0.384 e. The van der Waals surface area contributed by atoms with Crippen LogP contribution < -0.4 is 11.1 Å². The van der Waals surface area contributed by atoms with Crippen LogP contribution in [0.5, 0.6) is 0 Å². The van der Waals surface area contributed by atoms with E-state index in [1.807, 2.05) is 66.0 Å². The predicted octanol–water partition coefficient (Wildman–Crippen LogP) is 3.55. The van der Waals surface area contributed by atoms with Crippen LogP contribution in [0.25, 0.3) is 0 Å². The van der Waals surface area contributed by atoms with E-state index in [9.17, 15) is 4.79 Å². The molecular weight excluding hydrogens is 466 g/mol. The molecule has 10 nitrogen and oxygen atoms in total. The number of hydrogen-bond acceptors (Lipinski definition) is 8. The number of carbonyl (C=O) groups is 1. The van der Waals surface area contributed by atoms with E-state index < -0.39 is 0 Å². The Labute approximate surface area is 222 Å². The molecule has 3 aliphatic rings. The lowest BCUT2D eigenvalue weighted by Gasteiger charge is -2.29. The minimum atomic E-state index is -0.105. The molecule has 0 fully saturated rings. The first-order chi connectivity index (χ1) is 17.2. The fourth-order valence-electron chi connectivity index (χ4n) is 3.10. The van der Waals surface area contributed by atoms with Gasteiger partial charge in [0, 0.05) is 56.9 Å². The Balaban J connectivity index is 0.000000283. The van der Waals surface area contributed by atoms with Crippen LogP contribution in [-0.2, 0) is 4.79 Å². The SMILES string of the molecule is C=C1N=C(N)C=CN1C(C)C.C=C1N=C(N=CN(C)C)C=CN1C(C)C.C=C1NC(=O)C=CN1C(C)C. The molecule has 0 aromatic rings. The molecule has 3 rings (SSSR count). The molecule has 3 N–H and O–H groups in total. The van der Waals surface area contributed by atoms with Gasteiger partial charge < -0.3 is 30.7 Å². The number of amidine groups is 2. The monoisotopic (exact) mass is 509 g/mol. The van der Waals surface area contributed by atoms with E-state index in [0.717, 1.165) is 5.82 Å². The van der Waals surface area contributed by atoms with E-state index in [0.29, 0.717) is 41.4 Å². The molecule has 1 amide bonds. The van der Waals surface area contributed by atoms with Gasteiger partial charge in [0.25, 0.3) is 5.91 Å². The summed E-state index contributed by atoms with van der Waals surface area (Å²) in [4.78, 5) is 31.0. The van der Waals surface area contributed by atoms with Gasteiger partial charge in [-0.1, -0.05) is 19.7 Å². The summed E-state index contributed by atoms with van der Waals surface area (Å²) in [5.74, 6) is 3.19. The summed E-state index contributed by atoms with van der Waals surface area (Å²) < 4.78 is 0. The van der Waals surface area contributed by atoms with Crippen LogP contribution in [0.1, 0.15) is 41.5 Å². The normalized spacial score (nSPS) is 17.1. The van der Waals surface area contributed by atoms with Crippen molar-refractivity contribution in [1.29, 1.82) is 0 Å². The third-order valence-corrected chi connectivity index (χ3v) is 4.94. The summed E-state index contributed by atoms with van der Waals surface area (Å²) in [5.41, 5.74) is 5.46. The van der Waals surface area contributed by atoms with Crippen molar-refractivity contribution in [2.75, 3.05) is 14.1 Å². The molecule has 0 atom stereocenters. The van der Waals surface area contributed by atoms with Crippen LogP contribution in [0.4, 0.5) is 0 Å². The fraction of sp³-hybridized carbons (Fsp3) is 0.407. The molecule has 3 heterocycles. The molecule has 0 saturated heterocycles. The summed E-state index contributed by atoms with van der Waals surface area (Å²) in [6, 6.07) is 1.09. The molecule has 202 valence electrons. The molecule has 3 aliphatic heterocycles. The number of nitrogens with two attached hydrogens (primary N) is 1. The van der Waals surface area contributed by atoms with Crippen molar-refractivity contribution in [3.63, 3.8) is 0 Å². The number of carbonyl (C=O) groups excluding carboxylic acids is 1. The Morgan fingerprint density at radius 2 is 1.35 bits per heavy atom. The first kappa shape index (κ1) is 31.0. The summed E-state index contributed by atoms with van der Waals surface area (Å²) in [7, 11) is 3.84. The highest BCUT2D eigenvalue weighted by Crippen LogP contribution is 2.15. The molecule has 0 unspecified atom stereocenters. The number of nitrogens with zero attached hydrogens (tertiary/aromatic N) is 7. The van der Waals surface area contributed by atoms with Crippen molar-refractivity contribution in [2.45, 2.75) is 59.7 Å². The molecule has 0 bridgehead atoms. The number of hydrogen-bond donors (Lipinski definition) is 2. The average molecular weight is 510 g/mol. The summed E-state index contributed by atoms with van der Waals surface area (Å²) >= 11 is 0. The van der Waals surface area contributed by atoms with Gasteiger partial charge >= 0.3 is 0 Å². The molecule has 0 saturated carbocycles. The molecule has 37 heavy (non-hydrogen) atoms. The van der Waals surface area contributed by atoms with E-state index in [1.165, 1.54) is 6.08 Å². The lowest BCUT2D eigenvalue weighted by Crippen LogP contribution is -2.38. The topological polar surface area (TPSA) is 105 Å². The maximum atomic E-state index is 10.8. The minimum Gasteiger partial charge on any atom is -0.384 e. The number of nitrogens with one attached hydrogen (secondary N) is 1. The van der Waals surface area contributed by atoms with Gasteiger partial charge in [0.05, 0.1) is 6.34 Å². The molecular formula is C27H43N9O. The van der Waals surface area contributed by atoms with E-state index in [2.05, 4.69) is 67.7 Å². The molecule has 10 heteroatoms. The highest BCUT2D eigenvalue weighted by Gasteiger charge is 2.15. The van der Waals surface area contributed by atoms with Crippen LogP contribution in [0.2, 0.25) is 0 Å². The average Bonchev–Trinajstić information content (AvgIpc) is 2.77. The highest BCUT2D eigenvalue weighted by atomic mass is 16.1. The zero-order chi connectivity index (χ0) is 28.3. The Bertz CT molecular complexity index is 1020. The number of amides is 1. The fourth-order valence-corrected chi connectivity index (χ4v) is 3.10. The minimum absolute atomic E-state index is 0.105.